The summed E-state index contributed by atoms with van der Waals surface area (Å²) in [5.74, 6) is -0.735. The van der Waals surface area contributed by atoms with Crippen molar-refractivity contribution in [3.8, 4) is 0 Å². The van der Waals surface area contributed by atoms with Gasteiger partial charge in [0, 0.05) is 12.0 Å². The fraction of sp³-hybridized carbons (Fsp3) is 0.273. The standard InChI is InChI=1S/C44H44O8/c45-38(37-24-14-5-15-25-37)26-27-40(46)52-44-43(50-31-36-22-12-4-13-23-36)42(49-30-35-20-10-3-11-21-35)41(48-29-34-18-8-2-9-19-34)39(51-44)32-47-28-33-16-6-1-7-17-33/h1-25,39,41-44H,26-32H2/t39-,41-,42+,43-,44+/m1/s1. The van der Waals surface area contributed by atoms with Crippen LogP contribution in [0.25, 0.3) is 0 Å². The Morgan fingerprint density at radius 2 is 0.904 bits per heavy atom. The zero-order valence-corrected chi connectivity index (χ0v) is 29.0. The molecule has 5 atom stereocenters. The Kier molecular flexibility index (Phi) is 13.9. The van der Waals surface area contributed by atoms with Crippen molar-refractivity contribution in [3.63, 3.8) is 0 Å². The lowest BCUT2D eigenvalue weighted by Gasteiger charge is -2.45. The molecule has 1 heterocycles. The molecule has 0 radical (unpaired) electrons. The van der Waals surface area contributed by atoms with E-state index in [-0.39, 0.29) is 45.1 Å². The van der Waals surface area contributed by atoms with Gasteiger partial charge in [-0.1, -0.05) is 152 Å². The molecule has 1 fully saturated rings. The summed E-state index contributed by atoms with van der Waals surface area (Å²) in [6.45, 7) is 1.23. The van der Waals surface area contributed by atoms with E-state index in [0.717, 1.165) is 22.3 Å². The van der Waals surface area contributed by atoms with Crippen LogP contribution in [0.5, 0.6) is 0 Å². The molecule has 0 aromatic heterocycles. The SMILES string of the molecule is O=C(CCC(=O)c1ccccc1)O[C@@H]1O[C@H](COCc2ccccc2)[C@@H](OCc2ccccc2)[C@H](OCc2ccccc2)[C@H]1OCc1ccccc1. The van der Waals surface area contributed by atoms with Crippen molar-refractivity contribution in [2.24, 2.45) is 0 Å². The van der Waals surface area contributed by atoms with Gasteiger partial charge in [-0.3, -0.25) is 9.59 Å². The molecule has 0 bridgehead atoms. The summed E-state index contributed by atoms with van der Waals surface area (Å²) in [5.41, 5.74) is 4.41. The molecule has 8 nitrogen and oxygen atoms in total. The maximum absolute atomic E-state index is 13.4. The molecule has 0 amide bonds. The summed E-state index contributed by atoms with van der Waals surface area (Å²) in [4.78, 5) is 26.3. The summed E-state index contributed by atoms with van der Waals surface area (Å²) in [5, 5.41) is 0. The summed E-state index contributed by atoms with van der Waals surface area (Å²) in [7, 11) is 0. The molecule has 0 saturated carbocycles. The molecular weight excluding hydrogens is 656 g/mol. The average Bonchev–Trinajstić information content (AvgIpc) is 3.20. The van der Waals surface area contributed by atoms with Crippen molar-refractivity contribution in [3.05, 3.63) is 179 Å². The fourth-order valence-corrected chi connectivity index (χ4v) is 6.01. The largest absolute Gasteiger partial charge is 0.433 e. The van der Waals surface area contributed by atoms with E-state index in [1.807, 2.05) is 127 Å². The van der Waals surface area contributed by atoms with E-state index in [4.69, 9.17) is 28.4 Å². The van der Waals surface area contributed by atoms with Crippen LogP contribution in [-0.4, -0.2) is 49.1 Å². The Labute approximate surface area is 305 Å². The van der Waals surface area contributed by atoms with Crippen LogP contribution in [0, 0.1) is 0 Å². The van der Waals surface area contributed by atoms with E-state index >= 15 is 0 Å². The van der Waals surface area contributed by atoms with Gasteiger partial charge in [0.05, 0.1) is 39.5 Å². The minimum atomic E-state index is -1.18. The molecule has 8 heteroatoms. The van der Waals surface area contributed by atoms with Crippen LogP contribution in [-0.2, 0) is 59.6 Å². The lowest BCUT2D eigenvalue weighted by Crippen LogP contribution is -2.62. The molecule has 1 aliphatic rings. The van der Waals surface area contributed by atoms with Gasteiger partial charge in [0.2, 0.25) is 6.29 Å². The van der Waals surface area contributed by atoms with Crippen molar-refractivity contribution in [2.75, 3.05) is 6.61 Å². The molecule has 1 saturated heterocycles. The van der Waals surface area contributed by atoms with Crippen LogP contribution in [0.3, 0.4) is 0 Å². The fourth-order valence-electron chi connectivity index (χ4n) is 6.01. The molecule has 268 valence electrons. The highest BCUT2D eigenvalue weighted by Gasteiger charge is 2.50. The van der Waals surface area contributed by atoms with Gasteiger partial charge in [-0.25, -0.2) is 0 Å². The first kappa shape index (κ1) is 36.8. The van der Waals surface area contributed by atoms with E-state index in [9.17, 15) is 9.59 Å². The number of hydrogen-bond acceptors (Lipinski definition) is 8. The second kappa shape index (κ2) is 19.6. The van der Waals surface area contributed by atoms with E-state index in [2.05, 4.69) is 0 Å². The van der Waals surface area contributed by atoms with Crippen LogP contribution < -0.4 is 0 Å². The number of Topliss-reactive ketones (excluding diaryl/α,β-unsaturated/α-hetero) is 1. The van der Waals surface area contributed by atoms with Gasteiger partial charge in [0.25, 0.3) is 0 Å². The normalized spacial score (nSPS) is 19.9. The van der Waals surface area contributed by atoms with Crippen molar-refractivity contribution in [1.82, 2.24) is 0 Å². The highest BCUT2D eigenvalue weighted by Crippen LogP contribution is 2.32. The first-order chi connectivity index (χ1) is 25.6. The van der Waals surface area contributed by atoms with Crippen LogP contribution in [0.15, 0.2) is 152 Å². The third-order valence-corrected chi connectivity index (χ3v) is 8.74. The number of carbonyl (C=O) groups excluding carboxylic acids is 2. The van der Waals surface area contributed by atoms with Crippen LogP contribution in [0.4, 0.5) is 0 Å². The van der Waals surface area contributed by atoms with Crippen molar-refractivity contribution >= 4 is 11.8 Å². The summed E-state index contributed by atoms with van der Waals surface area (Å²) >= 11 is 0. The zero-order chi connectivity index (χ0) is 35.8. The van der Waals surface area contributed by atoms with E-state index < -0.39 is 36.7 Å². The Hall–Kier alpha value is -4.96. The third kappa shape index (κ3) is 11.0. The van der Waals surface area contributed by atoms with E-state index in [1.165, 1.54) is 0 Å². The minimum absolute atomic E-state index is 0.00846. The molecule has 0 unspecified atom stereocenters. The first-order valence-electron chi connectivity index (χ1n) is 17.6. The molecule has 52 heavy (non-hydrogen) atoms. The van der Waals surface area contributed by atoms with Gasteiger partial charge in [-0.05, 0) is 22.3 Å². The number of esters is 1. The van der Waals surface area contributed by atoms with Crippen molar-refractivity contribution < 1.29 is 38.0 Å². The van der Waals surface area contributed by atoms with Gasteiger partial charge in [0.1, 0.15) is 24.4 Å². The average molecular weight is 701 g/mol. The Bertz CT molecular complexity index is 1770. The molecule has 5 aromatic rings. The lowest BCUT2D eigenvalue weighted by molar-refractivity contribution is -0.320. The van der Waals surface area contributed by atoms with Gasteiger partial charge < -0.3 is 28.4 Å². The van der Waals surface area contributed by atoms with Gasteiger partial charge in [-0.15, -0.1) is 0 Å². The molecule has 6 rings (SSSR count). The van der Waals surface area contributed by atoms with Crippen molar-refractivity contribution in [2.45, 2.75) is 70.0 Å². The van der Waals surface area contributed by atoms with Crippen molar-refractivity contribution in [1.29, 1.82) is 0 Å². The predicted octanol–water partition coefficient (Wildman–Crippen LogP) is 7.89. The second-order valence-electron chi connectivity index (χ2n) is 12.6. The number of hydrogen-bond donors (Lipinski definition) is 0. The Morgan fingerprint density at radius 1 is 0.481 bits per heavy atom. The monoisotopic (exact) mass is 700 g/mol. The maximum Gasteiger partial charge on any atom is 0.308 e. The zero-order valence-electron chi connectivity index (χ0n) is 29.0. The Morgan fingerprint density at radius 3 is 1.40 bits per heavy atom. The van der Waals surface area contributed by atoms with Gasteiger partial charge in [-0.2, -0.15) is 0 Å². The predicted molar refractivity (Wildman–Crippen MR) is 196 cm³/mol. The number of carbonyl (C=O) groups is 2. The number of rotatable bonds is 18. The highest BCUT2D eigenvalue weighted by molar-refractivity contribution is 5.97. The van der Waals surface area contributed by atoms with Crippen LogP contribution in [0.2, 0.25) is 0 Å². The molecular formula is C44H44O8. The quantitative estimate of drug-likeness (QED) is 0.0674. The maximum atomic E-state index is 13.4. The van der Waals surface area contributed by atoms with Gasteiger partial charge in [0.15, 0.2) is 5.78 Å². The molecule has 0 N–H and O–H groups in total. The topological polar surface area (TPSA) is 89.5 Å². The third-order valence-electron chi connectivity index (χ3n) is 8.74. The second-order valence-corrected chi connectivity index (χ2v) is 12.6. The molecule has 0 aliphatic carbocycles. The molecule has 5 aromatic carbocycles. The minimum Gasteiger partial charge on any atom is -0.433 e. The molecule has 1 aliphatic heterocycles. The van der Waals surface area contributed by atoms with E-state index in [1.54, 1.807) is 24.3 Å². The number of benzene rings is 5. The first-order valence-corrected chi connectivity index (χ1v) is 17.6. The van der Waals surface area contributed by atoms with Gasteiger partial charge >= 0.3 is 5.97 Å². The number of ether oxygens (including phenoxy) is 6. The summed E-state index contributed by atoms with van der Waals surface area (Å²) in [6, 6.07) is 48.2. The van der Waals surface area contributed by atoms with Crippen LogP contribution in [0.1, 0.15) is 45.5 Å². The molecule has 0 spiro atoms. The highest BCUT2D eigenvalue weighted by atomic mass is 16.7. The summed E-state index contributed by atoms with van der Waals surface area (Å²) in [6.07, 6.45) is -4.31. The summed E-state index contributed by atoms with van der Waals surface area (Å²) < 4.78 is 38.8. The lowest BCUT2D eigenvalue weighted by atomic mass is 9.97. The smallest absolute Gasteiger partial charge is 0.308 e. The Balaban J connectivity index is 1.27. The van der Waals surface area contributed by atoms with E-state index in [0.29, 0.717) is 12.2 Å². The number of ketones is 1. The van der Waals surface area contributed by atoms with Crippen LogP contribution >= 0.6 is 0 Å².